The average molecular weight is 271 g/mol. The Morgan fingerprint density at radius 1 is 1.26 bits per heavy atom. The Bertz CT molecular complexity index is 438. The fraction of sp³-hybridized carbons (Fsp3) is 0.200. The van der Waals surface area contributed by atoms with Crippen LogP contribution in [0.3, 0.4) is 0 Å². The Morgan fingerprint density at radius 2 is 1.79 bits per heavy atom. The Balaban J connectivity index is 0.000000362. The van der Waals surface area contributed by atoms with Crippen LogP contribution in [0.25, 0.3) is 0 Å². The lowest BCUT2D eigenvalue weighted by Gasteiger charge is -2.02. The topological polar surface area (TPSA) is 167 Å². The zero-order valence-electron chi connectivity index (χ0n) is 9.68. The molecule has 0 aliphatic rings. The number of imidazole rings is 1. The van der Waals surface area contributed by atoms with E-state index in [4.69, 9.17) is 21.1 Å². The van der Waals surface area contributed by atoms with Crippen molar-refractivity contribution in [1.29, 1.82) is 0 Å². The number of rotatable bonds is 5. The van der Waals surface area contributed by atoms with Gasteiger partial charge < -0.3 is 26.0 Å². The van der Waals surface area contributed by atoms with Crippen molar-refractivity contribution in [2.24, 2.45) is 5.73 Å². The summed E-state index contributed by atoms with van der Waals surface area (Å²) in [7, 11) is 0. The van der Waals surface area contributed by atoms with E-state index < -0.39 is 23.9 Å². The van der Waals surface area contributed by atoms with Crippen LogP contribution in [0.2, 0.25) is 0 Å². The van der Waals surface area contributed by atoms with Crippen LogP contribution in [-0.2, 0) is 20.8 Å². The number of carbonyl (C=O) groups is 3. The van der Waals surface area contributed by atoms with Gasteiger partial charge >= 0.3 is 17.9 Å². The molecule has 1 atom stereocenters. The third-order valence-corrected chi connectivity index (χ3v) is 1.68. The van der Waals surface area contributed by atoms with E-state index in [1.165, 1.54) is 6.33 Å². The number of hydrogen-bond donors (Lipinski definition) is 5. The summed E-state index contributed by atoms with van der Waals surface area (Å²) in [4.78, 5) is 35.9. The average Bonchev–Trinajstić information content (AvgIpc) is 2.80. The fourth-order valence-corrected chi connectivity index (χ4v) is 0.863. The quantitative estimate of drug-likeness (QED) is 0.428. The fourth-order valence-electron chi connectivity index (χ4n) is 0.863. The van der Waals surface area contributed by atoms with E-state index in [2.05, 4.69) is 9.97 Å². The number of aromatic amines is 1. The van der Waals surface area contributed by atoms with Crippen LogP contribution in [0.1, 0.15) is 5.69 Å². The van der Waals surface area contributed by atoms with Gasteiger partial charge in [0.25, 0.3) is 0 Å². The number of aliphatic carboxylic acids is 3. The molecule has 0 fully saturated rings. The maximum atomic E-state index is 10.3. The largest absolute Gasteiger partial charge is 0.480 e. The van der Waals surface area contributed by atoms with Gasteiger partial charge in [0.1, 0.15) is 6.04 Å². The molecule has 0 spiro atoms. The Labute approximate surface area is 107 Å². The van der Waals surface area contributed by atoms with Crippen LogP contribution in [0, 0.1) is 0 Å². The highest BCUT2D eigenvalue weighted by Crippen LogP contribution is 1.95. The van der Waals surface area contributed by atoms with E-state index in [1.54, 1.807) is 6.20 Å². The highest BCUT2D eigenvalue weighted by Gasteiger charge is 2.11. The minimum absolute atomic E-state index is 0.287. The van der Waals surface area contributed by atoms with E-state index in [-0.39, 0.29) is 6.42 Å². The summed E-state index contributed by atoms with van der Waals surface area (Å²) in [5.41, 5.74) is 6.00. The van der Waals surface area contributed by atoms with Gasteiger partial charge in [0, 0.05) is 30.5 Å². The first kappa shape index (κ1) is 16.3. The summed E-state index contributed by atoms with van der Waals surface area (Å²) in [6, 6.07) is -0.851. The third kappa shape index (κ3) is 9.06. The Hall–Kier alpha value is -2.68. The van der Waals surface area contributed by atoms with E-state index in [0.717, 1.165) is 5.69 Å². The van der Waals surface area contributed by atoms with Crippen molar-refractivity contribution in [1.82, 2.24) is 9.97 Å². The van der Waals surface area contributed by atoms with E-state index >= 15 is 0 Å². The molecule has 1 aromatic rings. The second-order valence-electron chi connectivity index (χ2n) is 3.24. The summed E-state index contributed by atoms with van der Waals surface area (Å²) < 4.78 is 0. The molecular weight excluding hydrogens is 258 g/mol. The van der Waals surface area contributed by atoms with Gasteiger partial charge in [-0.1, -0.05) is 0 Å². The smallest absolute Gasteiger partial charge is 0.328 e. The molecule has 1 rings (SSSR count). The molecule has 0 aliphatic carbocycles. The number of hydrogen-bond acceptors (Lipinski definition) is 5. The zero-order chi connectivity index (χ0) is 14.8. The number of H-pyrrole nitrogens is 1. The van der Waals surface area contributed by atoms with Gasteiger partial charge in [-0.2, -0.15) is 0 Å². The molecular formula is C10H13N3O6. The van der Waals surface area contributed by atoms with Crippen LogP contribution in [0.4, 0.5) is 0 Å². The number of nitrogens with one attached hydrogen (secondary N) is 1. The minimum Gasteiger partial charge on any atom is -0.480 e. The van der Waals surface area contributed by atoms with Gasteiger partial charge in [0.15, 0.2) is 0 Å². The van der Waals surface area contributed by atoms with Crippen molar-refractivity contribution >= 4 is 17.9 Å². The molecule has 9 heteroatoms. The van der Waals surface area contributed by atoms with Gasteiger partial charge in [0.2, 0.25) is 0 Å². The van der Waals surface area contributed by atoms with Crippen LogP contribution in [-0.4, -0.2) is 49.2 Å². The second-order valence-corrected chi connectivity index (χ2v) is 3.24. The summed E-state index contributed by atoms with van der Waals surface area (Å²) in [5, 5.41) is 24.0. The molecule has 0 radical (unpaired) electrons. The normalized spacial score (nSPS) is 11.4. The first-order chi connectivity index (χ1) is 8.82. The predicted molar refractivity (Wildman–Crippen MR) is 62.3 cm³/mol. The standard InChI is InChI=1S/C6H9N3O2.C4H4O4/c7-5(6(10)11)1-4-2-8-3-9-4;5-3(6)1-2-4(7)8/h2-3,5H,1,7H2,(H,8,9)(H,10,11);1-2H,(H,5,6)(H,7,8)/b;2-1+/t5-;/m0./s1. The summed E-state index contributed by atoms with van der Waals surface area (Å²) in [5.74, 6) is -3.51. The Kier molecular flexibility index (Phi) is 7.23. The van der Waals surface area contributed by atoms with Gasteiger partial charge in [-0.3, -0.25) is 4.79 Å². The number of carboxylic acid groups (broad SMARTS) is 3. The molecule has 0 aliphatic heterocycles. The minimum atomic E-state index is -1.26. The number of nitrogens with two attached hydrogens (primary N) is 1. The number of aromatic nitrogens is 2. The maximum absolute atomic E-state index is 10.3. The van der Waals surface area contributed by atoms with Crippen LogP contribution in [0.15, 0.2) is 24.7 Å². The van der Waals surface area contributed by atoms with Gasteiger partial charge in [0.05, 0.1) is 6.33 Å². The van der Waals surface area contributed by atoms with Crippen LogP contribution < -0.4 is 5.73 Å². The maximum Gasteiger partial charge on any atom is 0.328 e. The van der Waals surface area contributed by atoms with Gasteiger partial charge in [-0.05, 0) is 0 Å². The first-order valence-corrected chi connectivity index (χ1v) is 4.92. The molecule has 1 aromatic heterocycles. The molecule has 6 N–H and O–H groups in total. The van der Waals surface area contributed by atoms with E-state index in [0.29, 0.717) is 12.2 Å². The lowest BCUT2D eigenvalue weighted by Crippen LogP contribution is -2.32. The molecule has 0 aromatic carbocycles. The predicted octanol–water partition coefficient (Wildman–Crippen LogP) is -0.924. The molecule has 0 unspecified atom stereocenters. The lowest BCUT2D eigenvalue weighted by atomic mass is 10.2. The summed E-state index contributed by atoms with van der Waals surface area (Å²) in [6.45, 7) is 0. The van der Waals surface area contributed by atoms with Crippen molar-refractivity contribution in [2.45, 2.75) is 12.5 Å². The first-order valence-electron chi connectivity index (χ1n) is 4.92. The van der Waals surface area contributed by atoms with Crippen LogP contribution in [0.5, 0.6) is 0 Å². The molecule has 104 valence electrons. The molecule has 1 heterocycles. The van der Waals surface area contributed by atoms with Crippen molar-refractivity contribution in [3.63, 3.8) is 0 Å². The third-order valence-electron chi connectivity index (χ3n) is 1.68. The summed E-state index contributed by atoms with van der Waals surface area (Å²) in [6.07, 6.45) is 4.45. The molecule has 9 nitrogen and oxygen atoms in total. The van der Waals surface area contributed by atoms with Crippen LogP contribution >= 0.6 is 0 Å². The van der Waals surface area contributed by atoms with Crippen molar-refractivity contribution < 1.29 is 29.7 Å². The summed E-state index contributed by atoms with van der Waals surface area (Å²) >= 11 is 0. The SMILES string of the molecule is N[C@@H](Cc1cnc[nH]1)C(=O)O.O=C(O)/C=C/C(=O)O. The van der Waals surface area contributed by atoms with Crippen molar-refractivity contribution in [2.75, 3.05) is 0 Å². The highest BCUT2D eigenvalue weighted by molar-refractivity contribution is 5.89. The lowest BCUT2D eigenvalue weighted by molar-refractivity contribution is -0.138. The number of nitrogens with zero attached hydrogens (tertiary/aromatic N) is 1. The molecule has 0 amide bonds. The Morgan fingerprint density at radius 3 is 2.11 bits per heavy atom. The highest BCUT2D eigenvalue weighted by atomic mass is 16.4. The molecule has 0 saturated heterocycles. The zero-order valence-corrected chi connectivity index (χ0v) is 9.68. The van der Waals surface area contributed by atoms with E-state index in [9.17, 15) is 14.4 Å². The van der Waals surface area contributed by atoms with Crippen molar-refractivity contribution in [3.8, 4) is 0 Å². The number of carboxylic acids is 3. The molecule has 19 heavy (non-hydrogen) atoms. The molecule has 0 saturated carbocycles. The van der Waals surface area contributed by atoms with Crippen molar-refractivity contribution in [3.05, 3.63) is 30.4 Å². The second kappa shape index (κ2) is 8.42. The molecule has 0 bridgehead atoms. The van der Waals surface area contributed by atoms with Gasteiger partial charge in [-0.25, -0.2) is 14.6 Å². The monoisotopic (exact) mass is 271 g/mol. The van der Waals surface area contributed by atoms with Gasteiger partial charge in [-0.15, -0.1) is 0 Å². The van der Waals surface area contributed by atoms with E-state index in [1.807, 2.05) is 0 Å².